The second-order valence-corrected chi connectivity index (χ2v) is 4.84. The molecule has 2 amide bonds. The van der Waals surface area contributed by atoms with Crippen LogP contribution in [0.4, 0.5) is 4.79 Å². The van der Waals surface area contributed by atoms with Crippen molar-refractivity contribution < 1.29 is 19.1 Å². The lowest BCUT2D eigenvalue weighted by molar-refractivity contribution is -0.135. The van der Waals surface area contributed by atoms with E-state index in [1.807, 2.05) is 0 Å². The number of carbonyl (C=O) groups is 2. The Morgan fingerprint density at radius 2 is 2.25 bits per heavy atom. The quantitative estimate of drug-likeness (QED) is 0.722. The molecular formula is C13H25N3O4. The molecule has 0 saturated carbocycles. The van der Waals surface area contributed by atoms with E-state index in [1.54, 1.807) is 18.9 Å². The van der Waals surface area contributed by atoms with Gasteiger partial charge in [0.25, 0.3) is 0 Å². The van der Waals surface area contributed by atoms with E-state index in [1.165, 1.54) is 0 Å². The molecule has 0 aromatic carbocycles. The lowest BCUT2D eigenvalue weighted by atomic mass is 10.0. The van der Waals surface area contributed by atoms with E-state index >= 15 is 0 Å². The minimum Gasteiger partial charge on any atom is -0.450 e. The van der Waals surface area contributed by atoms with Crippen molar-refractivity contribution in [2.75, 3.05) is 33.4 Å². The van der Waals surface area contributed by atoms with Gasteiger partial charge in [-0.3, -0.25) is 4.79 Å². The highest BCUT2D eigenvalue weighted by Gasteiger charge is 2.26. The van der Waals surface area contributed by atoms with Crippen LogP contribution in [-0.4, -0.2) is 62.4 Å². The summed E-state index contributed by atoms with van der Waals surface area (Å²) in [6.07, 6.45) is 1.32. The van der Waals surface area contributed by atoms with Gasteiger partial charge in [-0.05, 0) is 19.8 Å². The van der Waals surface area contributed by atoms with Crippen molar-refractivity contribution in [3.8, 4) is 0 Å². The average Bonchev–Trinajstić information content (AvgIpc) is 2.45. The topological polar surface area (TPSA) is 93.9 Å². The minimum atomic E-state index is -0.427. The van der Waals surface area contributed by atoms with Crippen LogP contribution in [0, 0.1) is 0 Å². The van der Waals surface area contributed by atoms with Gasteiger partial charge in [-0.25, -0.2) is 4.79 Å². The molecule has 0 aliphatic carbocycles. The highest BCUT2D eigenvalue weighted by atomic mass is 16.5. The number of rotatable bonds is 6. The summed E-state index contributed by atoms with van der Waals surface area (Å²) in [5.41, 5.74) is 5.52. The zero-order valence-electron chi connectivity index (χ0n) is 12.3. The molecule has 1 aliphatic rings. The second kappa shape index (κ2) is 8.76. The maximum absolute atomic E-state index is 12.1. The van der Waals surface area contributed by atoms with E-state index in [9.17, 15) is 9.59 Å². The monoisotopic (exact) mass is 287 g/mol. The number of hydrogen-bond acceptors (Lipinski definition) is 5. The molecule has 1 heterocycles. The number of ether oxygens (including phenoxy) is 2. The van der Waals surface area contributed by atoms with Crippen molar-refractivity contribution in [3.05, 3.63) is 0 Å². The van der Waals surface area contributed by atoms with Crippen molar-refractivity contribution in [1.82, 2.24) is 10.2 Å². The summed E-state index contributed by atoms with van der Waals surface area (Å²) in [7, 11) is 1.55. The van der Waals surface area contributed by atoms with Gasteiger partial charge in [-0.2, -0.15) is 0 Å². The maximum Gasteiger partial charge on any atom is 0.407 e. The molecule has 1 rings (SSSR count). The molecule has 0 spiro atoms. The first-order valence-electron chi connectivity index (χ1n) is 7.04. The molecule has 2 unspecified atom stereocenters. The van der Waals surface area contributed by atoms with Gasteiger partial charge < -0.3 is 25.4 Å². The number of carbonyl (C=O) groups excluding carboxylic acids is 2. The van der Waals surface area contributed by atoms with Crippen LogP contribution < -0.4 is 11.1 Å². The third-order valence-corrected chi connectivity index (χ3v) is 3.37. The molecule has 116 valence electrons. The van der Waals surface area contributed by atoms with Crippen LogP contribution in [-0.2, 0) is 14.3 Å². The van der Waals surface area contributed by atoms with Crippen molar-refractivity contribution >= 4 is 12.0 Å². The molecule has 0 aromatic rings. The molecular weight excluding hydrogens is 262 g/mol. The predicted octanol–water partition coefficient (Wildman–Crippen LogP) is 0.0873. The molecule has 1 saturated heterocycles. The van der Waals surface area contributed by atoms with E-state index in [2.05, 4.69) is 5.32 Å². The third-order valence-electron chi connectivity index (χ3n) is 3.37. The van der Waals surface area contributed by atoms with Gasteiger partial charge in [0.2, 0.25) is 5.91 Å². The Hall–Kier alpha value is -1.34. The average molecular weight is 287 g/mol. The summed E-state index contributed by atoms with van der Waals surface area (Å²) in [5, 5.41) is 2.77. The fourth-order valence-corrected chi connectivity index (χ4v) is 2.25. The lowest BCUT2D eigenvalue weighted by Gasteiger charge is -2.33. The predicted molar refractivity (Wildman–Crippen MR) is 74.2 cm³/mol. The number of nitrogens with two attached hydrogens (primary N) is 1. The van der Waals surface area contributed by atoms with Gasteiger partial charge in [-0.15, -0.1) is 0 Å². The van der Waals surface area contributed by atoms with E-state index < -0.39 is 6.09 Å². The summed E-state index contributed by atoms with van der Waals surface area (Å²) < 4.78 is 9.97. The van der Waals surface area contributed by atoms with Gasteiger partial charge in [0.1, 0.15) is 0 Å². The summed E-state index contributed by atoms with van der Waals surface area (Å²) in [6, 6.07) is -0.0504. The van der Waals surface area contributed by atoms with Crippen LogP contribution >= 0.6 is 0 Å². The van der Waals surface area contributed by atoms with Gasteiger partial charge in [-0.1, -0.05) is 0 Å². The van der Waals surface area contributed by atoms with Gasteiger partial charge in [0.05, 0.1) is 19.1 Å². The Bertz CT molecular complexity index is 321. The van der Waals surface area contributed by atoms with E-state index in [0.29, 0.717) is 26.2 Å². The lowest BCUT2D eigenvalue weighted by Crippen LogP contribution is -2.50. The standard InChI is InChI=1S/C13H25N3O4/c1-3-20-13(18)15-10-5-4-6-16(9-10)12(17)7-11(8-14)19-2/h10-11H,3-9,14H2,1-2H3,(H,15,18). The molecule has 0 radical (unpaired) electrons. The van der Waals surface area contributed by atoms with Crippen molar-refractivity contribution in [1.29, 1.82) is 0 Å². The fraction of sp³-hybridized carbons (Fsp3) is 0.846. The number of alkyl carbamates (subject to hydrolysis) is 1. The SMILES string of the molecule is CCOC(=O)NC1CCCN(C(=O)CC(CN)OC)C1. The molecule has 0 aromatic heterocycles. The maximum atomic E-state index is 12.1. The molecule has 0 bridgehead atoms. The first-order valence-corrected chi connectivity index (χ1v) is 7.04. The number of likely N-dealkylation sites (tertiary alicyclic amines) is 1. The van der Waals surface area contributed by atoms with Crippen LogP contribution in [0.3, 0.4) is 0 Å². The Balaban J connectivity index is 2.43. The normalized spacial score (nSPS) is 20.4. The van der Waals surface area contributed by atoms with E-state index in [0.717, 1.165) is 12.8 Å². The molecule has 7 nitrogen and oxygen atoms in total. The largest absolute Gasteiger partial charge is 0.450 e. The second-order valence-electron chi connectivity index (χ2n) is 4.84. The van der Waals surface area contributed by atoms with Crippen LogP contribution in [0.15, 0.2) is 0 Å². The molecule has 1 fully saturated rings. The Labute approximate surface area is 119 Å². The van der Waals surface area contributed by atoms with Gasteiger partial charge in [0, 0.05) is 32.8 Å². The summed E-state index contributed by atoms with van der Waals surface area (Å²) in [6.45, 7) is 3.64. The number of nitrogens with zero attached hydrogens (tertiary/aromatic N) is 1. The van der Waals surface area contributed by atoms with Crippen molar-refractivity contribution in [2.24, 2.45) is 5.73 Å². The van der Waals surface area contributed by atoms with Crippen LogP contribution in [0.2, 0.25) is 0 Å². The highest BCUT2D eigenvalue weighted by molar-refractivity contribution is 5.77. The van der Waals surface area contributed by atoms with Crippen molar-refractivity contribution in [3.63, 3.8) is 0 Å². The summed E-state index contributed by atoms with van der Waals surface area (Å²) >= 11 is 0. The van der Waals surface area contributed by atoms with Crippen LogP contribution in [0.25, 0.3) is 0 Å². The molecule has 2 atom stereocenters. The zero-order valence-corrected chi connectivity index (χ0v) is 12.3. The number of hydrogen-bond donors (Lipinski definition) is 2. The molecule has 1 aliphatic heterocycles. The Morgan fingerprint density at radius 1 is 1.50 bits per heavy atom. The first kappa shape index (κ1) is 16.7. The third kappa shape index (κ3) is 5.34. The first-order chi connectivity index (χ1) is 9.60. The minimum absolute atomic E-state index is 0.0117. The number of methoxy groups -OCH3 is 1. The van der Waals surface area contributed by atoms with Gasteiger partial charge >= 0.3 is 6.09 Å². The van der Waals surface area contributed by atoms with Crippen LogP contribution in [0.1, 0.15) is 26.2 Å². The molecule has 20 heavy (non-hydrogen) atoms. The number of amides is 2. The number of nitrogens with one attached hydrogen (secondary N) is 1. The van der Waals surface area contributed by atoms with E-state index in [4.69, 9.17) is 15.2 Å². The summed E-state index contributed by atoms with van der Waals surface area (Å²) in [4.78, 5) is 25.3. The van der Waals surface area contributed by atoms with E-state index in [-0.39, 0.29) is 24.5 Å². The summed E-state index contributed by atoms with van der Waals surface area (Å²) in [5.74, 6) is 0.0117. The Morgan fingerprint density at radius 3 is 2.85 bits per heavy atom. The zero-order chi connectivity index (χ0) is 15.0. The van der Waals surface area contributed by atoms with Gasteiger partial charge in [0.15, 0.2) is 0 Å². The molecule has 3 N–H and O–H groups in total. The van der Waals surface area contributed by atoms with Crippen LogP contribution in [0.5, 0.6) is 0 Å². The highest BCUT2D eigenvalue weighted by Crippen LogP contribution is 2.12. The Kier molecular flexibility index (Phi) is 7.32. The number of piperidine rings is 1. The molecule has 7 heteroatoms. The smallest absolute Gasteiger partial charge is 0.407 e. The van der Waals surface area contributed by atoms with Crippen molar-refractivity contribution in [2.45, 2.75) is 38.3 Å². The fourth-order valence-electron chi connectivity index (χ4n) is 2.25.